The summed E-state index contributed by atoms with van der Waals surface area (Å²) in [4.78, 5) is 0. The first-order valence-corrected chi connectivity index (χ1v) is 8.87. The van der Waals surface area contributed by atoms with Gasteiger partial charge in [0.15, 0.2) is 11.5 Å². The lowest BCUT2D eigenvalue weighted by Crippen LogP contribution is -2.13. The van der Waals surface area contributed by atoms with Gasteiger partial charge in [-0.15, -0.1) is 12.4 Å². The van der Waals surface area contributed by atoms with Crippen molar-refractivity contribution in [2.24, 2.45) is 5.73 Å². The summed E-state index contributed by atoms with van der Waals surface area (Å²) in [6.07, 6.45) is 4.38. The Kier molecular flexibility index (Phi) is 9.92. The number of hydrogen-bond donors (Lipinski definition) is 1. The Morgan fingerprint density at radius 3 is 2.19 bits per heavy atom. The van der Waals surface area contributed by atoms with Crippen LogP contribution in [-0.2, 0) is 6.61 Å². The van der Waals surface area contributed by atoms with Crippen LogP contribution in [0.25, 0.3) is 0 Å². The third-order valence-electron chi connectivity index (χ3n) is 4.27. The van der Waals surface area contributed by atoms with Crippen molar-refractivity contribution >= 4 is 12.4 Å². The van der Waals surface area contributed by atoms with E-state index >= 15 is 0 Å². The second-order valence-electron chi connectivity index (χ2n) is 6.12. The molecular formula is C21H30ClNO3. The minimum Gasteiger partial charge on any atom is -0.493 e. The third-order valence-corrected chi connectivity index (χ3v) is 4.27. The Bertz CT molecular complexity index is 649. The first-order chi connectivity index (χ1) is 12.2. The summed E-state index contributed by atoms with van der Waals surface area (Å²) in [6, 6.07) is 13.8. The Morgan fingerprint density at radius 2 is 1.58 bits per heavy atom. The Hall–Kier alpha value is -1.91. The Labute approximate surface area is 163 Å². The van der Waals surface area contributed by atoms with Gasteiger partial charge in [0.25, 0.3) is 0 Å². The molecule has 26 heavy (non-hydrogen) atoms. The molecule has 0 radical (unpaired) electrons. The number of nitrogens with two attached hydrogens (primary N) is 1. The second kappa shape index (κ2) is 11.7. The molecule has 0 heterocycles. The maximum atomic E-state index is 6.44. The van der Waals surface area contributed by atoms with Gasteiger partial charge < -0.3 is 19.9 Å². The standard InChI is InChI=1S/C21H29NO3.ClH/c1-4-5-7-12-18(22)17-13-20(23-2)21(24-3)14-19(17)25-15-16-10-8-6-9-11-16;/h6,8-11,13-14,18H,4-5,7,12,15,22H2,1-3H3;1H/t18-;/m1./s1. The first-order valence-electron chi connectivity index (χ1n) is 8.87. The molecule has 0 aliphatic carbocycles. The van der Waals surface area contributed by atoms with E-state index in [1.165, 1.54) is 12.8 Å². The number of rotatable bonds is 10. The van der Waals surface area contributed by atoms with Gasteiger partial charge in [-0.25, -0.2) is 0 Å². The third kappa shape index (κ3) is 6.11. The quantitative estimate of drug-likeness (QED) is 0.570. The molecule has 0 fully saturated rings. The molecule has 2 aromatic rings. The van der Waals surface area contributed by atoms with Gasteiger partial charge in [-0.05, 0) is 18.1 Å². The van der Waals surface area contributed by atoms with Gasteiger partial charge in [0.05, 0.1) is 14.2 Å². The fourth-order valence-corrected chi connectivity index (χ4v) is 2.80. The van der Waals surface area contributed by atoms with E-state index in [0.29, 0.717) is 18.1 Å². The van der Waals surface area contributed by atoms with Gasteiger partial charge in [-0.2, -0.15) is 0 Å². The highest BCUT2D eigenvalue weighted by Crippen LogP contribution is 2.38. The minimum absolute atomic E-state index is 0. The van der Waals surface area contributed by atoms with E-state index < -0.39 is 0 Å². The molecule has 0 aliphatic rings. The van der Waals surface area contributed by atoms with Crippen molar-refractivity contribution in [1.29, 1.82) is 0 Å². The van der Waals surface area contributed by atoms with Crippen LogP contribution in [0.2, 0.25) is 0 Å². The highest BCUT2D eigenvalue weighted by atomic mass is 35.5. The lowest BCUT2D eigenvalue weighted by Gasteiger charge is -2.20. The van der Waals surface area contributed by atoms with Crippen molar-refractivity contribution in [2.75, 3.05) is 14.2 Å². The van der Waals surface area contributed by atoms with Crippen molar-refractivity contribution in [3.05, 3.63) is 53.6 Å². The molecular weight excluding hydrogens is 350 g/mol. The van der Waals surface area contributed by atoms with Crippen molar-refractivity contribution < 1.29 is 14.2 Å². The predicted molar refractivity (Wildman–Crippen MR) is 109 cm³/mol. The fraction of sp³-hybridized carbons (Fsp3) is 0.429. The van der Waals surface area contributed by atoms with Gasteiger partial charge in [0, 0.05) is 17.7 Å². The Morgan fingerprint density at radius 1 is 0.923 bits per heavy atom. The monoisotopic (exact) mass is 379 g/mol. The van der Waals surface area contributed by atoms with E-state index in [0.717, 1.165) is 29.7 Å². The second-order valence-corrected chi connectivity index (χ2v) is 6.12. The molecule has 4 nitrogen and oxygen atoms in total. The maximum absolute atomic E-state index is 6.44. The molecule has 0 aromatic heterocycles. The summed E-state index contributed by atoms with van der Waals surface area (Å²) in [5.74, 6) is 2.08. The van der Waals surface area contributed by atoms with Crippen LogP contribution in [0.4, 0.5) is 0 Å². The van der Waals surface area contributed by atoms with Crippen molar-refractivity contribution in [2.45, 2.75) is 45.3 Å². The largest absolute Gasteiger partial charge is 0.493 e. The van der Waals surface area contributed by atoms with Gasteiger partial charge in [-0.3, -0.25) is 0 Å². The number of ether oxygens (including phenoxy) is 3. The molecule has 5 heteroatoms. The van der Waals surface area contributed by atoms with E-state index in [4.69, 9.17) is 19.9 Å². The lowest BCUT2D eigenvalue weighted by atomic mass is 9.99. The SMILES string of the molecule is CCCCC[C@@H](N)c1cc(OC)c(OC)cc1OCc1ccccc1.Cl. The topological polar surface area (TPSA) is 53.7 Å². The number of methoxy groups -OCH3 is 2. The van der Waals surface area contributed by atoms with E-state index in [1.54, 1.807) is 14.2 Å². The molecule has 0 bridgehead atoms. The van der Waals surface area contributed by atoms with E-state index in [1.807, 2.05) is 42.5 Å². The maximum Gasteiger partial charge on any atom is 0.164 e. The summed E-state index contributed by atoms with van der Waals surface area (Å²) in [7, 11) is 3.26. The molecule has 0 spiro atoms. The summed E-state index contributed by atoms with van der Waals surface area (Å²) in [6.45, 7) is 2.68. The molecule has 0 unspecified atom stereocenters. The number of hydrogen-bond acceptors (Lipinski definition) is 4. The fourth-order valence-electron chi connectivity index (χ4n) is 2.80. The van der Waals surface area contributed by atoms with E-state index in [2.05, 4.69) is 6.92 Å². The summed E-state index contributed by atoms with van der Waals surface area (Å²) in [5.41, 5.74) is 8.52. The molecule has 0 aliphatic heterocycles. The van der Waals surface area contributed by atoms with Crippen LogP contribution in [-0.4, -0.2) is 14.2 Å². The van der Waals surface area contributed by atoms with Crippen LogP contribution < -0.4 is 19.9 Å². The average Bonchev–Trinajstić information content (AvgIpc) is 2.66. The van der Waals surface area contributed by atoms with Gasteiger partial charge in [0.1, 0.15) is 12.4 Å². The zero-order chi connectivity index (χ0) is 18.1. The summed E-state index contributed by atoms with van der Waals surface area (Å²) >= 11 is 0. The van der Waals surface area contributed by atoms with Crippen molar-refractivity contribution in [3.8, 4) is 17.2 Å². The van der Waals surface area contributed by atoms with Crippen LogP contribution in [0.3, 0.4) is 0 Å². The highest BCUT2D eigenvalue weighted by Gasteiger charge is 2.17. The smallest absolute Gasteiger partial charge is 0.164 e. The molecule has 0 amide bonds. The first kappa shape index (κ1) is 22.1. The minimum atomic E-state index is -0.0860. The van der Waals surface area contributed by atoms with Gasteiger partial charge >= 0.3 is 0 Å². The van der Waals surface area contributed by atoms with E-state index in [-0.39, 0.29) is 18.4 Å². The summed E-state index contributed by atoms with van der Waals surface area (Å²) in [5, 5.41) is 0. The zero-order valence-corrected chi connectivity index (χ0v) is 16.7. The predicted octanol–water partition coefficient (Wildman–Crippen LogP) is 5.28. The molecule has 1 atom stereocenters. The highest BCUT2D eigenvalue weighted by molar-refractivity contribution is 5.85. The number of benzene rings is 2. The van der Waals surface area contributed by atoms with Gasteiger partial charge in [0.2, 0.25) is 0 Å². The van der Waals surface area contributed by atoms with E-state index in [9.17, 15) is 0 Å². The van der Waals surface area contributed by atoms with Crippen LogP contribution in [0.5, 0.6) is 17.2 Å². The zero-order valence-electron chi connectivity index (χ0n) is 15.9. The number of unbranched alkanes of at least 4 members (excludes halogenated alkanes) is 2. The van der Waals surface area contributed by atoms with Crippen molar-refractivity contribution in [1.82, 2.24) is 0 Å². The molecule has 2 aromatic carbocycles. The Balaban J connectivity index is 0.00000338. The normalized spacial score (nSPS) is 11.4. The van der Waals surface area contributed by atoms with Crippen LogP contribution in [0.15, 0.2) is 42.5 Å². The average molecular weight is 380 g/mol. The molecule has 0 saturated heterocycles. The molecule has 144 valence electrons. The number of halogens is 1. The van der Waals surface area contributed by atoms with Gasteiger partial charge in [-0.1, -0.05) is 56.5 Å². The molecule has 2 rings (SSSR count). The van der Waals surface area contributed by atoms with Crippen LogP contribution in [0, 0.1) is 0 Å². The lowest BCUT2D eigenvalue weighted by molar-refractivity contribution is 0.294. The van der Waals surface area contributed by atoms with Crippen LogP contribution in [0.1, 0.15) is 49.8 Å². The molecule has 0 saturated carbocycles. The van der Waals surface area contributed by atoms with Crippen LogP contribution >= 0.6 is 12.4 Å². The van der Waals surface area contributed by atoms with Crippen molar-refractivity contribution in [3.63, 3.8) is 0 Å². The summed E-state index contributed by atoms with van der Waals surface area (Å²) < 4.78 is 16.9. The molecule has 2 N–H and O–H groups in total.